The highest BCUT2D eigenvalue weighted by Crippen LogP contribution is 2.42. The van der Waals surface area contributed by atoms with Crippen molar-refractivity contribution < 1.29 is 0 Å². The second kappa shape index (κ2) is 0.920. The second-order valence-electron chi connectivity index (χ2n) is 2.44. The number of hydrogen-bond donors (Lipinski definition) is 1. The smallest absolute Gasteiger partial charge is 0.0294 e. The Morgan fingerprint density at radius 1 is 1.43 bits per heavy atom. The molecule has 38 valence electrons. The fraction of sp³-hybridized carbons (Fsp3) is 0.667. The first-order valence-corrected chi connectivity index (χ1v) is 2.84. The van der Waals surface area contributed by atoms with Crippen molar-refractivity contribution in [3.05, 3.63) is 11.1 Å². The monoisotopic (exact) mass is 95.1 g/mol. The molecule has 1 heteroatoms. The lowest BCUT2D eigenvalue weighted by Crippen LogP contribution is -2.37. The average molecular weight is 95.1 g/mol. The van der Waals surface area contributed by atoms with Crippen LogP contribution in [-0.4, -0.2) is 6.04 Å². The fourth-order valence-electron chi connectivity index (χ4n) is 1.38. The van der Waals surface area contributed by atoms with E-state index in [9.17, 15) is 0 Å². The highest BCUT2D eigenvalue weighted by atomic mass is 14.7. The molecule has 2 N–H and O–H groups in total. The van der Waals surface area contributed by atoms with Gasteiger partial charge in [-0.05, 0) is 19.3 Å². The summed E-state index contributed by atoms with van der Waals surface area (Å²) >= 11 is 0. The first-order valence-electron chi connectivity index (χ1n) is 2.84. The molecular formula is C6H9N. The van der Waals surface area contributed by atoms with E-state index in [-0.39, 0.29) is 0 Å². The van der Waals surface area contributed by atoms with Crippen molar-refractivity contribution in [2.45, 2.75) is 25.3 Å². The minimum absolute atomic E-state index is 0.476. The lowest BCUT2D eigenvalue weighted by atomic mass is 9.70. The molecule has 0 bridgehead atoms. The van der Waals surface area contributed by atoms with Gasteiger partial charge < -0.3 is 5.73 Å². The number of hydrogen-bond acceptors (Lipinski definition) is 1. The number of nitrogens with two attached hydrogens (primary N) is 1. The van der Waals surface area contributed by atoms with Crippen LogP contribution in [0.4, 0.5) is 0 Å². The van der Waals surface area contributed by atoms with E-state index in [1.165, 1.54) is 19.3 Å². The molecule has 0 aliphatic heterocycles. The van der Waals surface area contributed by atoms with Gasteiger partial charge in [0, 0.05) is 6.04 Å². The summed E-state index contributed by atoms with van der Waals surface area (Å²) in [5.74, 6) is 0. The molecular weight excluding hydrogens is 86.1 g/mol. The molecule has 0 aromatic rings. The Kier molecular flexibility index (Phi) is 0.482. The second-order valence-corrected chi connectivity index (χ2v) is 2.44. The first kappa shape index (κ1) is 3.67. The Morgan fingerprint density at radius 2 is 2.29 bits per heavy atom. The van der Waals surface area contributed by atoms with Crippen molar-refractivity contribution >= 4 is 0 Å². The molecule has 0 aromatic carbocycles. The van der Waals surface area contributed by atoms with Crippen LogP contribution in [0.15, 0.2) is 11.1 Å². The van der Waals surface area contributed by atoms with Crippen LogP contribution in [0.25, 0.3) is 0 Å². The maximum absolute atomic E-state index is 5.61. The van der Waals surface area contributed by atoms with Crippen LogP contribution in [0.2, 0.25) is 0 Å². The molecule has 2 rings (SSSR count). The van der Waals surface area contributed by atoms with Crippen molar-refractivity contribution in [1.29, 1.82) is 0 Å². The first-order chi connectivity index (χ1) is 3.38. The maximum Gasteiger partial charge on any atom is 0.0294 e. The Bertz CT molecular complexity index is 135. The van der Waals surface area contributed by atoms with Gasteiger partial charge in [0.1, 0.15) is 0 Å². The third-order valence-corrected chi connectivity index (χ3v) is 2.06. The quantitative estimate of drug-likeness (QED) is 0.443. The Balaban J connectivity index is 2.29. The van der Waals surface area contributed by atoms with Crippen molar-refractivity contribution in [3.63, 3.8) is 0 Å². The van der Waals surface area contributed by atoms with Crippen molar-refractivity contribution in [3.8, 4) is 0 Å². The Labute approximate surface area is 43.2 Å². The predicted octanol–water partition coefficient (Wildman–Crippen LogP) is 0.808. The normalized spacial score (nSPS) is 36.4. The van der Waals surface area contributed by atoms with E-state index >= 15 is 0 Å². The van der Waals surface area contributed by atoms with E-state index in [4.69, 9.17) is 5.73 Å². The van der Waals surface area contributed by atoms with Gasteiger partial charge in [0.2, 0.25) is 0 Å². The van der Waals surface area contributed by atoms with E-state index in [0.29, 0.717) is 6.04 Å². The van der Waals surface area contributed by atoms with E-state index in [1.807, 2.05) is 0 Å². The predicted molar refractivity (Wildman–Crippen MR) is 28.9 cm³/mol. The van der Waals surface area contributed by atoms with Crippen molar-refractivity contribution in [1.82, 2.24) is 0 Å². The van der Waals surface area contributed by atoms with E-state index in [1.54, 1.807) is 11.1 Å². The van der Waals surface area contributed by atoms with Gasteiger partial charge in [-0.3, -0.25) is 0 Å². The molecule has 7 heavy (non-hydrogen) atoms. The van der Waals surface area contributed by atoms with Gasteiger partial charge >= 0.3 is 0 Å². The van der Waals surface area contributed by atoms with E-state index in [0.717, 1.165) is 0 Å². The van der Waals surface area contributed by atoms with E-state index < -0.39 is 0 Å². The summed E-state index contributed by atoms with van der Waals surface area (Å²) in [6.45, 7) is 0. The summed E-state index contributed by atoms with van der Waals surface area (Å²) in [5.41, 5.74) is 8.83. The highest BCUT2D eigenvalue weighted by Gasteiger charge is 2.31. The fourth-order valence-corrected chi connectivity index (χ4v) is 1.38. The number of rotatable bonds is 0. The van der Waals surface area contributed by atoms with Gasteiger partial charge in [-0.2, -0.15) is 0 Å². The van der Waals surface area contributed by atoms with E-state index in [2.05, 4.69) is 0 Å². The highest BCUT2D eigenvalue weighted by molar-refractivity contribution is 5.39. The van der Waals surface area contributed by atoms with Gasteiger partial charge in [-0.25, -0.2) is 0 Å². The summed E-state index contributed by atoms with van der Waals surface area (Å²) in [5, 5.41) is 0. The van der Waals surface area contributed by atoms with Crippen LogP contribution in [0.3, 0.4) is 0 Å². The minimum atomic E-state index is 0.476. The molecule has 0 radical (unpaired) electrons. The summed E-state index contributed by atoms with van der Waals surface area (Å²) in [7, 11) is 0. The lowest BCUT2D eigenvalue weighted by molar-refractivity contribution is 0.525. The third kappa shape index (κ3) is 0.280. The molecule has 0 fully saturated rings. The zero-order chi connectivity index (χ0) is 4.85. The molecule has 0 aromatic heterocycles. The summed E-state index contributed by atoms with van der Waals surface area (Å²) < 4.78 is 0. The maximum atomic E-state index is 5.61. The van der Waals surface area contributed by atoms with Crippen LogP contribution in [0, 0.1) is 0 Å². The molecule has 0 amide bonds. The molecule has 1 nitrogen and oxygen atoms in total. The molecule has 0 spiro atoms. The van der Waals surface area contributed by atoms with Gasteiger partial charge in [-0.1, -0.05) is 11.1 Å². The standard InChI is InChI=1S/C6H9N/c7-6-3-4-1-2-5(4)6/h6H,1-3,7H2. The van der Waals surface area contributed by atoms with Crippen molar-refractivity contribution in [2.24, 2.45) is 5.73 Å². The average Bonchev–Trinajstić information content (AvgIpc) is 1.59. The molecule has 1 atom stereocenters. The third-order valence-electron chi connectivity index (χ3n) is 2.06. The van der Waals surface area contributed by atoms with Crippen LogP contribution in [-0.2, 0) is 0 Å². The largest absolute Gasteiger partial charge is 0.324 e. The summed E-state index contributed by atoms with van der Waals surface area (Å²) in [4.78, 5) is 0. The Hall–Kier alpha value is -0.300. The minimum Gasteiger partial charge on any atom is -0.324 e. The van der Waals surface area contributed by atoms with Crippen LogP contribution >= 0.6 is 0 Å². The molecule has 1 unspecified atom stereocenters. The zero-order valence-electron chi connectivity index (χ0n) is 4.28. The summed E-state index contributed by atoms with van der Waals surface area (Å²) in [6, 6.07) is 0.476. The van der Waals surface area contributed by atoms with Gasteiger partial charge in [0.05, 0.1) is 0 Å². The van der Waals surface area contributed by atoms with Gasteiger partial charge in [-0.15, -0.1) is 0 Å². The molecule has 0 heterocycles. The SMILES string of the molecule is NC1CC2=C1CC2. The zero-order valence-corrected chi connectivity index (χ0v) is 4.28. The van der Waals surface area contributed by atoms with Gasteiger partial charge in [0.25, 0.3) is 0 Å². The van der Waals surface area contributed by atoms with Crippen molar-refractivity contribution in [2.75, 3.05) is 0 Å². The molecule has 0 saturated carbocycles. The molecule has 2 aliphatic carbocycles. The van der Waals surface area contributed by atoms with Crippen LogP contribution in [0.1, 0.15) is 19.3 Å². The Morgan fingerprint density at radius 3 is 2.29 bits per heavy atom. The van der Waals surface area contributed by atoms with Gasteiger partial charge in [0.15, 0.2) is 0 Å². The molecule has 0 saturated heterocycles. The molecule has 2 aliphatic rings. The topological polar surface area (TPSA) is 26.0 Å². The summed E-state index contributed by atoms with van der Waals surface area (Å²) in [6.07, 6.45) is 3.86. The van der Waals surface area contributed by atoms with Crippen LogP contribution in [0.5, 0.6) is 0 Å². The van der Waals surface area contributed by atoms with Crippen LogP contribution < -0.4 is 5.73 Å². The lowest BCUT2D eigenvalue weighted by Gasteiger charge is -2.38.